The summed E-state index contributed by atoms with van der Waals surface area (Å²) >= 11 is 0. The van der Waals surface area contributed by atoms with Crippen LogP contribution in [0.25, 0.3) is 0 Å². The first-order valence-electron chi connectivity index (χ1n) is 5.78. The van der Waals surface area contributed by atoms with Crippen molar-refractivity contribution in [3.05, 3.63) is 66.2 Å². The van der Waals surface area contributed by atoms with Crippen LogP contribution in [0.2, 0.25) is 0 Å². The molecule has 1 unspecified atom stereocenters. The van der Waals surface area contributed by atoms with Crippen molar-refractivity contribution in [2.24, 2.45) is 0 Å². The minimum atomic E-state index is -0.967. The van der Waals surface area contributed by atoms with Crippen molar-refractivity contribution in [3.63, 3.8) is 0 Å². The Morgan fingerprint density at radius 2 is 1.50 bits per heavy atom. The predicted molar refractivity (Wildman–Crippen MR) is 71.0 cm³/mol. The van der Waals surface area contributed by atoms with Gasteiger partial charge in [-0.05, 0) is 12.1 Å². The molecule has 0 saturated heterocycles. The molecule has 0 spiro atoms. The summed E-state index contributed by atoms with van der Waals surface area (Å²) in [6, 6.07) is 18.3. The molecule has 1 amide bonds. The first kappa shape index (κ1) is 12.3. The van der Waals surface area contributed by atoms with Crippen LogP contribution in [-0.4, -0.2) is 11.0 Å². The molecule has 2 rings (SSSR count). The normalized spacial score (nSPS) is 11.9. The van der Waals surface area contributed by atoms with E-state index in [-0.39, 0.29) is 5.91 Å². The van der Waals surface area contributed by atoms with Crippen molar-refractivity contribution in [1.29, 1.82) is 0 Å². The number of rotatable bonds is 3. The molecule has 0 aromatic heterocycles. The molecule has 0 aliphatic rings. The van der Waals surface area contributed by atoms with E-state index in [2.05, 4.69) is 0 Å². The predicted octanol–water partition coefficient (Wildman–Crippen LogP) is 2.73. The Kier molecular flexibility index (Phi) is 3.75. The van der Waals surface area contributed by atoms with Crippen LogP contribution < -0.4 is 4.90 Å². The molecule has 0 fully saturated rings. The van der Waals surface area contributed by atoms with Gasteiger partial charge in [-0.3, -0.25) is 9.69 Å². The second-order valence-corrected chi connectivity index (χ2v) is 4.01. The third kappa shape index (κ3) is 2.57. The summed E-state index contributed by atoms with van der Waals surface area (Å²) < 4.78 is 0. The summed E-state index contributed by atoms with van der Waals surface area (Å²) in [5, 5.41) is 10.3. The van der Waals surface area contributed by atoms with Crippen LogP contribution in [0.3, 0.4) is 0 Å². The molecule has 0 heterocycles. The van der Waals surface area contributed by atoms with E-state index < -0.39 is 6.23 Å². The van der Waals surface area contributed by atoms with E-state index in [1.165, 1.54) is 11.8 Å². The molecule has 0 aliphatic heterocycles. The summed E-state index contributed by atoms with van der Waals surface area (Å²) in [6.07, 6.45) is -0.967. The molecule has 0 radical (unpaired) electrons. The smallest absolute Gasteiger partial charge is 0.226 e. The number of aliphatic hydroxyl groups is 1. The number of benzene rings is 2. The lowest BCUT2D eigenvalue weighted by molar-refractivity contribution is -0.118. The van der Waals surface area contributed by atoms with Gasteiger partial charge in [-0.15, -0.1) is 0 Å². The summed E-state index contributed by atoms with van der Waals surface area (Å²) in [6.45, 7) is 1.44. The number of aliphatic hydroxyl groups excluding tert-OH is 1. The Bertz CT molecular complexity index is 511. The zero-order valence-electron chi connectivity index (χ0n) is 10.2. The fraction of sp³-hybridized carbons (Fsp3) is 0.133. The van der Waals surface area contributed by atoms with Crippen molar-refractivity contribution < 1.29 is 9.90 Å². The number of nitrogens with zero attached hydrogens (tertiary/aromatic N) is 1. The highest BCUT2D eigenvalue weighted by Gasteiger charge is 2.21. The molecule has 1 N–H and O–H groups in total. The Morgan fingerprint density at radius 3 is 2.00 bits per heavy atom. The number of hydrogen-bond acceptors (Lipinski definition) is 2. The van der Waals surface area contributed by atoms with Crippen LogP contribution in [0.15, 0.2) is 60.7 Å². The van der Waals surface area contributed by atoms with Crippen molar-refractivity contribution in [1.82, 2.24) is 0 Å². The Morgan fingerprint density at radius 1 is 1.00 bits per heavy atom. The van der Waals surface area contributed by atoms with Gasteiger partial charge in [-0.25, -0.2) is 0 Å². The van der Waals surface area contributed by atoms with E-state index in [1.54, 1.807) is 24.3 Å². The van der Waals surface area contributed by atoms with Crippen molar-refractivity contribution >= 4 is 11.6 Å². The largest absolute Gasteiger partial charge is 0.369 e. The second-order valence-electron chi connectivity index (χ2n) is 4.01. The lowest BCUT2D eigenvalue weighted by Gasteiger charge is -2.27. The van der Waals surface area contributed by atoms with Crippen molar-refractivity contribution in [3.8, 4) is 0 Å². The highest BCUT2D eigenvalue weighted by Crippen LogP contribution is 2.24. The van der Waals surface area contributed by atoms with E-state index in [4.69, 9.17) is 0 Å². The summed E-state index contributed by atoms with van der Waals surface area (Å²) in [7, 11) is 0. The Hall–Kier alpha value is -2.13. The molecular weight excluding hydrogens is 226 g/mol. The molecule has 2 aromatic rings. The number of carbonyl (C=O) groups excluding carboxylic acids is 1. The van der Waals surface area contributed by atoms with Crippen LogP contribution in [0, 0.1) is 0 Å². The van der Waals surface area contributed by atoms with E-state index in [0.717, 1.165) is 0 Å². The first-order valence-corrected chi connectivity index (χ1v) is 5.78. The third-order valence-electron chi connectivity index (χ3n) is 2.72. The zero-order valence-corrected chi connectivity index (χ0v) is 10.2. The Balaban J connectivity index is 2.35. The van der Waals surface area contributed by atoms with Gasteiger partial charge in [0.05, 0.1) is 0 Å². The zero-order chi connectivity index (χ0) is 13.0. The van der Waals surface area contributed by atoms with Crippen molar-refractivity contribution in [2.45, 2.75) is 13.2 Å². The van der Waals surface area contributed by atoms with Crippen LogP contribution in [0.1, 0.15) is 18.7 Å². The van der Waals surface area contributed by atoms with Gasteiger partial charge in [-0.1, -0.05) is 48.5 Å². The van der Waals surface area contributed by atoms with Gasteiger partial charge >= 0.3 is 0 Å². The first-order chi connectivity index (χ1) is 8.70. The molecule has 0 bridgehead atoms. The van der Waals surface area contributed by atoms with Gasteiger partial charge in [-0.2, -0.15) is 0 Å². The molecule has 18 heavy (non-hydrogen) atoms. The van der Waals surface area contributed by atoms with Gasteiger partial charge in [0.25, 0.3) is 0 Å². The van der Waals surface area contributed by atoms with Gasteiger partial charge in [0.15, 0.2) is 6.23 Å². The molecule has 3 nitrogen and oxygen atoms in total. The number of carbonyl (C=O) groups is 1. The quantitative estimate of drug-likeness (QED) is 0.839. The number of para-hydroxylation sites is 1. The van der Waals surface area contributed by atoms with Crippen molar-refractivity contribution in [2.75, 3.05) is 4.90 Å². The highest BCUT2D eigenvalue weighted by molar-refractivity contribution is 5.91. The van der Waals surface area contributed by atoms with E-state index in [9.17, 15) is 9.90 Å². The van der Waals surface area contributed by atoms with E-state index in [1.807, 2.05) is 36.4 Å². The summed E-state index contributed by atoms with van der Waals surface area (Å²) in [5.41, 5.74) is 1.37. The van der Waals surface area contributed by atoms with Crippen LogP contribution in [0.5, 0.6) is 0 Å². The maximum Gasteiger partial charge on any atom is 0.226 e. The fourth-order valence-corrected chi connectivity index (χ4v) is 1.86. The fourth-order valence-electron chi connectivity index (χ4n) is 1.86. The number of anilines is 1. The highest BCUT2D eigenvalue weighted by atomic mass is 16.3. The Labute approximate surface area is 106 Å². The average Bonchev–Trinajstić information content (AvgIpc) is 2.40. The molecule has 3 heteroatoms. The minimum absolute atomic E-state index is 0.197. The molecule has 92 valence electrons. The maximum atomic E-state index is 11.7. The van der Waals surface area contributed by atoms with Gasteiger partial charge in [0.2, 0.25) is 5.91 Å². The summed E-state index contributed by atoms with van der Waals surface area (Å²) in [4.78, 5) is 13.1. The second kappa shape index (κ2) is 5.47. The molecule has 0 saturated carbocycles. The van der Waals surface area contributed by atoms with Gasteiger partial charge in [0, 0.05) is 18.2 Å². The SMILES string of the molecule is CC(=O)N(c1ccccc1)C(O)c1ccccc1. The maximum absolute atomic E-state index is 11.7. The molecule has 0 aliphatic carbocycles. The van der Waals surface area contributed by atoms with E-state index in [0.29, 0.717) is 11.3 Å². The average molecular weight is 241 g/mol. The van der Waals surface area contributed by atoms with E-state index >= 15 is 0 Å². The monoisotopic (exact) mass is 241 g/mol. The molecular formula is C15H15NO2. The molecule has 1 atom stereocenters. The van der Waals surface area contributed by atoms with Gasteiger partial charge < -0.3 is 5.11 Å². The summed E-state index contributed by atoms with van der Waals surface area (Å²) in [5.74, 6) is -0.197. The van der Waals surface area contributed by atoms with Crippen LogP contribution in [-0.2, 0) is 4.79 Å². The number of hydrogen-bond donors (Lipinski definition) is 1. The standard InChI is InChI=1S/C15H15NO2/c1-12(17)16(14-10-6-3-7-11-14)15(18)13-8-4-2-5-9-13/h2-11,15,18H,1H3. The van der Waals surface area contributed by atoms with Crippen LogP contribution >= 0.6 is 0 Å². The number of amides is 1. The van der Waals surface area contributed by atoms with Gasteiger partial charge in [0.1, 0.15) is 0 Å². The lowest BCUT2D eigenvalue weighted by Crippen LogP contribution is -2.32. The topological polar surface area (TPSA) is 40.5 Å². The van der Waals surface area contributed by atoms with Crippen LogP contribution in [0.4, 0.5) is 5.69 Å². The lowest BCUT2D eigenvalue weighted by atomic mass is 10.1. The third-order valence-corrected chi connectivity index (χ3v) is 2.72. The minimum Gasteiger partial charge on any atom is -0.369 e. The molecule has 2 aromatic carbocycles.